The summed E-state index contributed by atoms with van der Waals surface area (Å²) >= 11 is 0. The minimum absolute atomic E-state index is 0.647. The molecule has 5 heteroatoms. The minimum Gasteiger partial charge on any atom is -0.438 e. The largest absolute Gasteiger partial charge is 0.438 e. The van der Waals surface area contributed by atoms with Gasteiger partial charge < -0.3 is 9.32 Å². The first kappa shape index (κ1) is 31.9. The van der Waals surface area contributed by atoms with Crippen molar-refractivity contribution in [2.45, 2.75) is 0 Å². The van der Waals surface area contributed by atoms with Gasteiger partial charge in [0.1, 0.15) is 5.58 Å². The lowest BCUT2D eigenvalue weighted by atomic mass is 9.96. The number of nitrogens with zero attached hydrogens (tertiary/aromatic N) is 4. The van der Waals surface area contributed by atoms with E-state index in [0.29, 0.717) is 5.71 Å². The molecule has 0 spiro atoms. The summed E-state index contributed by atoms with van der Waals surface area (Å²) in [6, 6.07) is 63.7. The standard InChI is InChI=1S/C51H32N4O/c1-5-13-45-36(9-1)29-38(31-52-45)33-17-23-40(24-18-33)55(41-25-19-34(20-26-41)39-30-37-10-2-6-14-46(37)53-32-39)42-27-21-35(22-28-42)49-43-11-3-7-15-47(43)54-51-50(49)44-12-4-8-16-48(44)56-51/h1-32H. The molecule has 4 aromatic heterocycles. The van der Waals surface area contributed by atoms with Crippen molar-refractivity contribution in [3.05, 3.63) is 194 Å². The van der Waals surface area contributed by atoms with E-state index in [0.717, 1.165) is 99.5 Å². The van der Waals surface area contributed by atoms with Crippen molar-refractivity contribution < 1.29 is 4.42 Å². The Labute approximate surface area is 322 Å². The summed E-state index contributed by atoms with van der Waals surface area (Å²) in [4.78, 5) is 16.7. The van der Waals surface area contributed by atoms with Crippen molar-refractivity contribution in [1.29, 1.82) is 0 Å². The summed E-state index contributed by atoms with van der Waals surface area (Å²) in [5.74, 6) is 0. The van der Waals surface area contributed by atoms with Crippen molar-refractivity contribution in [3.8, 4) is 33.4 Å². The van der Waals surface area contributed by atoms with E-state index in [2.05, 4.69) is 144 Å². The Bertz CT molecular complexity index is 3120. The van der Waals surface area contributed by atoms with Crippen LogP contribution in [0.2, 0.25) is 0 Å². The van der Waals surface area contributed by atoms with Crippen molar-refractivity contribution in [2.75, 3.05) is 4.90 Å². The van der Waals surface area contributed by atoms with Gasteiger partial charge in [-0.2, -0.15) is 0 Å². The zero-order chi connectivity index (χ0) is 37.0. The van der Waals surface area contributed by atoms with Gasteiger partial charge in [-0.1, -0.05) is 109 Å². The number of furan rings is 1. The molecule has 0 radical (unpaired) electrons. The predicted molar refractivity (Wildman–Crippen MR) is 231 cm³/mol. The fourth-order valence-corrected chi connectivity index (χ4v) is 7.97. The van der Waals surface area contributed by atoms with Gasteiger partial charge >= 0.3 is 0 Å². The molecule has 0 atom stereocenters. The van der Waals surface area contributed by atoms with Gasteiger partial charge in [-0.25, -0.2) is 4.98 Å². The molecule has 0 aliphatic rings. The molecule has 0 aliphatic heterocycles. The van der Waals surface area contributed by atoms with Crippen LogP contribution in [0.3, 0.4) is 0 Å². The van der Waals surface area contributed by atoms with Gasteiger partial charge in [0.05, 0.1) is 21.9 Å². The van der Waals surface area contributed by atoms with Crippen LogP contribution in [0.5, 0.6) is 0 Å². The highest BCUT2D eigenvalue weighted by Gasteiger charge is 2.19. The van der Waals surface area contributed by atoms with E-state index in [1.54, 1.807) is 0 Å². The molecule has 11 rings (SSSR count). The highest BCUT2D eigenvalue weighted by Crippen LogP contribution is 2.42. The lowest BCUT2D eigenvalue weighted by Crippen LogP contribution is -2.09. The second-order valence-corrected chi connectivity index (χ2v) is 14.1. The van der Waals surface area contributed by atoms with Crippen molar-refractivity contribution in [1.82, 2.24) is 15.0 Å². The van der Waals surface area contributed by atoms with Crippen LogP contribution in [0.4, 0.5) is 17.1 Å². The number of hydrogen-bond donors (Lipinski definition) is 0. The normalized spacial score (nSPS) is 11.6. The Hall–Kier alpha value is -7.63. The molecule has 0 saturated heterocycles. The summed E-state index contributed by atoms with van der Waals surface area (Å²) in [7, 11) is 0. The van der Waals surface area contributed by atoms with E-state index in [9.17, 15) is 0 Å². The molecular weight excluding hydrogens is 685 g/mol. The highest BCUT2D eigenvalue weighted by molar-refractivity contribution is 6.18. The molecule has 0 bridgehead atoms. The third-order valence-corrected chi connectivity index (χ3v) is 10.7. The summed E-state index contributed by atoms with van der Waals surface area (Å²) in [6.45, 7) is 0. The molecule has 56 heavy (non-hydrogen) atoms. The summed E-state index contributed by atoms with van der Waals surface area (Å²) in [6.07, 6.45) is 3.91. The molecular formula is C51H32N4O. The third kappa shape index (κ3) is 5.45. The first-order valence-corrected chi connectivity index (χ1v) is 18.7. The number of hydrogen-bond acceptors (Lipinski definition) is 5. The monoisotopic (exact) mass is 716 g/mol. The first-order valence-electron chi connectivity index (χ1n) is 18.7. The van der Waals surface area contributed by atoms with Crippen molar-refractivity contribution in [2.24, 2.45) is 0 Å². The molecule has 0 aliphatic carbocycles. The van der Waals surface area contributed by atoms with Crippen molar-refractivity contribution in [3.63, 3.8) is 0 Å². The van der Waals surface area contributed by atoms with Gasteiger partial charge in [0, 0.05) is 67.7 Å². The van der Waals surface area contributed by atoms with Gasteiger partial charge in [0.25, 0.3) is 0 Å². The molecule has 0 N–H and O–H groups in total. The number of anilines is 3. The average Bonchev–Trinajstić information content (AvgIpc) is 3.64. The maximum absolute atomic E-state index is 6.30. The van der Waals surface area contributed by atoms with Gasteiger partial charge in [-0.05, 0) is 89.5 Å². The maximum Gasteiger partial charge on any atom is 0.228 e. The van der Waals surface area contributed by atoms with Crippen LogP contribution in [0, 0.1) is 0 Å². The number of benzene rings is 7. The summed E-state index contributed by atoms with van der Waals surface area (Å²) in [5, 5.41) is 5.43. The van der Waals surface area contributed by atoms with Crippen LogP contribution in [-0.2, 0) is 0 Å². The van der Waals surface area contributed by atoms with E-state index in [-0.39, 0.29) is 0 Å². The number of pyridine rings is 3. The topological polar surface area (TPSA) is 55.1 Å². The summed E-state index contributed by atoms with van der Waals surface area (Å²) in [5.41, 5.74) is 14.1. The van der Waals surface area contributed by atoms with Crippen LogP contribution in [-0.4, -0.2) is 15.0 Å². The molecule has 0 amide bonds. The molecule has 0 fully saturated rings. The fraction of sp³-hybridized carbons (Fsp3) is 0. The van der Waals surface area contributed by atoms with Crippen LogP contribution >= 0.6 is 0 Å². The van der Waals surface area contributed by atoms with Gasteiger partial charge in [0.2, 0.25) is 5.71 Å². The Morgan fingerprint density at radius 2 is 0.857 bits per heavy atom. The van der Waals surface area contributed by atoms with E-state index >= 15 is 0 Å². The molecule has 0 unspecified atom stereocenters. The lowest BCUT2D eigenvalue weighted by Gasteiger charge is -2.26. The second-order valence-electron chi connectivity index (χ2n) is 14.1. The third-order valence-electron chi connectivity index (χ3n) is 10.7. The molecule has 0 saturated carbocycles. The Kier molecular flexibility index (Phi) is 7.42. The number of para-hydroxylation sites is 4. The number of aromatic nitrogens is 3. The smallest absolute Gasteiger partial charge is 0.228 e. The summed E-state index contributed by atoms with van der Waals surface area (Å²) < 4.78 is 6.30. The van der Waals surface area contributed by atoms with Gasteiger partial charge in [-0.3, -0.25) is 9.97 Å². The number of rotatable bonds is 6. The van der Waals surface area contributed by atoms with E-state index in [1.165, 1.54) is 0 Å². The van der Waals surface area contributed by atoms with Crippen LogP contribution < -0.4 is 4.90 Å². The Morgan fingerprint density at radius 3 is 1.43 bits per heavy atom. The molecule has 11 aromatic rings. The molecule has 7 aromatic carbocycles. The second kappa shape index (κ2) is 13.0. The Balaban J connectivity index is 1.02. The Morgan fingerprint density at radius 1 is 0.393 bits per heavy atom. The quantitative estimate of drug-likeness (QED) is 0.171. The van der Waals surface area contributed by atoms with E-state index < -0.39 is 0 Å². The first-order chi connectivity index (χ1) is 27.7. The van der Waals surface area contributed by atoms with Crippen molar-refractivity contribution >= 4 is 71.8 Å². The zero-order valence-corrected chi connectivity index (χ0v) is 30.2. The van der Waals surface area contributed by atoms with Crippen LogP contribution in [0.1, 0.15) is 0 Å². The number of fused-ring (bicyclic) bond motifs is 6. The van der Waals surface area contributed by atoms with Gasteiger partial charge in [0.15, 0.2) is 0 Å². The molecule has 4 heterocycles. The molecule has 262 valence electrons. The van der Waals surface area contributed by atoms with Crippen LogP contribution in [0.15, 0.2) is 199 Å². The van der Waals surface area contributed by atoms with Gasteiger partial charge in [-0.15, -0.1) is 0 Å². The average molecular weight is 717 g/mol. The lowest BCUT2D eigenvalue weighted by molar-refractivity contribution is 0.656. The van der Waals surface area contributed by atoms with E-state index in [4.69, 9.17) is 19.4 Å². The minimum atomic E-state index is 0.647. The molecule has 5 nitrogen and oxygen atoms in total. The fourth-order valence-electron chi connectivity index (χ4n) is 7.97. The highest BCUT2D eigenvalue weighted by atomic mass is 16.3. The SMILES string of the molecule is c1ccc2ncc(-c3ccc(N(c4ccc(-c5cnc6ccccc6c5)cc4)c4ccc(-c5c6ccccc6nc6oc7ccccc7c56)cc4)cc3)cc2c1. The maximum atomic E-state index is 6.30. The van der Waals surface area contributed by atoms with Crippen LogP contribution in [0.25, 0.3) is 88.2 Å². The zero-order valence-electron chi connectivity index (χ0n) is 30.2. The van der Waals surface area contributed by atoms with E-state index in [1.807, 2.05) is 54.9 Å². The predicted octanol–water partition coefficient (Wildman–Crippen LogP) is 13.7.